The molecule has 0 bridgehead atoms. The summed E-state index contributed by atoms with van der Waals surface area (Å²) in [6.45, 7) is 1.03. The van der Waals surface area contributed by atoms with Crippen molar-refractivity contribution in [1.82, 2.24) is 14.5 Å². The van der Waals surface area contributed by atoms with Gasteiger partial charge in [-0.05, 0) is 43.2 Å². The minimum Gasteiger partial charge on any atom is -0.338 e. The number of imidazole rings is 1. The summed E-state index contributed by atoms with van der Waals surface area (Å²) in [5.74, 6) is -2.68. The standard InChI is InChI=1S/C20H19F2N3O2S/c21-19(22)28-15-5-3-4-13(12-15)18(26)24-10-8-14(9-11-24)25-17-7-2-1-6-16(17)23-20(25)27/h1-7,12,14,19H,8-11H2,(H,23,27). The zero-order valence-corrected chi connectivity index (χ0v) is 15.8. The fraction of sp³-hybridized carbons (Fsp3) is 0.300. The second kappa shape index (κ2) is 7.79. The van der Waals surface area contributed by atoms with Gasteiger partial charge in [0.05, 0.1) is 11.0 Å². The summed E-state index contributed by atoms with van der Waals surface area (Å²) in [4.78, 5) is 30.1. The Kier molecular flexibility index (Phi) is 5.21. The van der Waals surface area contributed by atoms with E-state index in [1.165, 1.54) is 6.07 Å². The molecule has 0 unspecified atom stereocenters. The van der Waals surface area contributed by atoms with E-state index in [0.717, 1.165) is 11.0 Å². The molecule has 1 aliphatic heterocycles. The van der Waals surface area contributed by atoms with Gasteiger partial charge in [-0.1, -0.05) is 30.0 Å². The van der Waals surface area contributed by atoms with E-state index in [1.807, 2.05) is 24.3 Å². The van der Waals surface area contributed by atoms with Crippen LogP contribution >= 0.6 is 11.8 Å². The zero-order chi connectivity index (χ0) is 19.7. The lowest BCUT2D eigenvalue weighted by molar-refractivity contribution is 0.0694. The number of piperidine rings is 1. The first-order valence-electron chi connectivity index (χ1n) is 9.06. The number of nitrogens with one attached hydrogen (secondary N) is 1. The first-order chi connectivity index (χ1) is 13.5. The number of hydrogen-bond donors (Lipinski definition) is 1. The molecule has 8 heteroatoms. The van der Waals surface area contributed by atoms with Gasteiger partial charge >= 0.3 is 5.69 Å². The van der Waals surface area contributed by atoms with E-state index < -0.39 is 5.76 Å². The molecule has 4 rings (SSSR count). The second-order valence-corrected chi connectivity index (χ2v) is 7.81. The smallest absolute Gasteiger partial charge is 0.326 e. The molecule has 2 aromatic carbocycles. The molecule has 0 spiro atoms. The largest absolute Gasteiger partial charge is 0.338 e. The number of hydrogen-bond acceptors (Lipinski definition) is 3. The van der Waals surface area contributed by atoms with Crippen LogP contribution in [0.1, 0.15) is 29.2 Å². The summed E-state index contributed by atoms with van der Waals surface area (Å²) in [6, 6.07) is 13.9. The lowest BCUT2D eigenvalue weighted by Crippen LogP contribution is -2.40. The molecule has 0 aliphatic carbocycles. The van der Waals surface area contributed by atoms with Gasteiger partial charge in [-0.2, -0.15) is 8.78 Å². The van der Waals surface area contributed by atoms with Crippen molar-refractivity contribution in [1.29, 1.82) is 0 Å². The van der Waals surface area contributed by atoms with E-state index in [4.69, 9.17) is 0 Å². The van der Waals surface area contributed by atoms with Crippen LogP contribution in [0.2, 0.25) is 0 Å². The molecule has 1 aromatic heterocycles. The van der Waals surface area contributed by atoms with Crippen molar-refractivity contribution < 1.29 is 13.6 Å². The number of thioether (sulfide) groups is 1. The quantitative estimate of drug-likeness (QED) is 0.667. The topological polar surface area (TPSA) is 58.1 Å². The van der Waals surface area contributed by atoms with Gasteiger partial charge in [0.1, 0.15) is 0 Å². The molecular formula is C20H19F2N3O2S. The van der Waals surface area contributed by atoms with Crippen molar-refractivity contribution in [3.05, 3.63) is 64.6 Å². The summed E-state index contributed by atoms with van der Waals surface area (Å²) in [5.41, 5.74) is 1.95. The average molecular weight is 403 g/mol. The number of rotatable bonds is 4. The molecule has 1 saturated heterocycles. The Morgan fingerprint density at radius 3 is 2.61 bits per heavy atom. The van der Waals surface area contributed by atoms with Crippen LogP contribution < -0.4 is 5.69 Å². The van der Waals surface area contributed by atoms with Gasteiger partial charge in [0.25, 0.3) is 11.7 Å². The summed E-state index contributed by atoms with van der Waals surface area (Å²) >= 11 is 0.432. The van der Waals surface area contributed by atoms with Crippen LogP contribution in [0.4, 0.5) is 8.78 Å². The van der Waals surface area contributed by atoms with Crippen LogP contribution in [-0.2, 0) is 0 Å². The van der Waals surface area contributed by atoms with Gasteiger partial charge in [-0.25, -0.2) is 4.79 Å². The monoisotopic (exact) mass is 403 g/mol. The highest BCUT2D eigenvalue weighted by Gasteiger charge is 2.26. The van der Waals surface area contributed by atoms with E-state index in [9.17, 15) is 18.4 Å². The predicted octanol–water partition coefficient (Wildman–Crippen LogP) is 4.12. The predicted molar refractivity (Wildman–Crippen MR) is 105 cm³/mol. The molecular weight excluding hydrogens is 384 g/mol. The fourth-order valence-corrected chi connectivity index (χ4v) is 4.31. The zero-order valence-electron chi connectivity index (χ0n) is 15.0. The lowest BCUT2D eigenvalue weighted by atomic mass is 10.0. The molecule has 0 saturated carbocycles. The Morgan fingerprint density at radius 2 is 1.86 bits per heavy atom. The van der Waals surface area contributed by atoms with E-state index >= 15 is 0 Å². The molecule has 1 N–H and O–H groups in total. The van der Waals surface area contributed by atoms with Gasteiger partial charge in [-0.3, -0.25) is 9.36 Å². The first kappa shape index (κ1) is 18.7. The maximum atomic E-state index is 12.8. The first-order valence-corrected chi connectivity index (χ1v) is 9.94. The second-order valence-electron chi connectivity index (χ2n) is 6.75. The number of nitrogens with zero attached hydrogens (tertiary/aromatic N) is 2. The number of para-hydroxylation sites is 2. The van der Waals surface area contributed by atoms with Gasteiger partial charge < -0.3 is 9.88 Å². The molecule has 2 heterocycles. The van der Waals surface area contributed by atoms with Crippen LogP contribution in [0.15, 0.2) is 58.2 Å². The molecule has 0 radical (unpaired) electrons. The number of carbonyl (C=O) groups is 1. The number of H-pyrrole nitrogens is 1. The number of likely N-dealkylation sites (tertiary alicyclic amines) is 1. The van der Waals surface area contributed by atoms with Crippen LogP contribution in [0.5, 0.6) is 0 Å². The lowest BCUT2D eigenvalue weighted by Gasteiger charge is -2.32. The average Bonchev–Trinajstić information content (AvgIpc) is 3.03. The number of halogens is 2. The maximum Gasteiger partial charge on any atom is 0.326 e. The number of aromatic amines is 1. The number of benzene rings is 2. The highest BCUT2D eigenvalue weighted by atomic mass is 32.2. The van der Waals surface area contributed by atoms with Crippen molar-refractivity contribution in [2.75, 3.05) is 13.1 Å². The summed E-state index contributed by atoms with van der Waals surface area (Å²) < 4.78 is 26.9. The minimum absolute atomic E-state index is 0.0217. The van der Waals surface area contributed by atoms with Gasteiger partial charge in [-0.15, -0.1) is 0 Å². The number of fused-ring (bicyclic) bond motifs is 1. The maximum absolute atomic E-state index is 12.8. The Hall–Kier alpha value is -2.61. The molecule has 5 nitrogen and oxygen atoms in total. The SMILES string of the molecule is O=C(c1cccc(SC(F)F)c1)N1CCC(n2c(=O)[nH]c3ccccc32)CC1. The van der Waals surface area contributed by atoms with Crippen LogP contribution in [0.25, 0.3) is 11.0 Å². The molecule has 1 aliphatic rings. The highest BCUT2D eigenvalue weighted by molar-refractivity contribution is 7.99. The van der Waals surface area contributed by atoms with Crippen molar-refractivity contribution >= 4 is 28.7 Å². The summed E-state index contributed by atoms with van der Waals surface area (Å²) in [5, 5.41) is 0. The molecule has 0 atom stereocenters. The van der Waals surface area contributed by atoms with Crippen LogP contribution in [-0.4, -0.2) is 39.2 Å². The number of alkyl halides is 2. The fourth-order valence-electron chi connectivity index (χ4n) is 3.75. The Morgan fingerprint density at radius 1 is 1.11 bits per heavy atom. The Labute approximate surface area is 164 Å². The minimum atomic E-state index is -2.52. The van der Waals surface area contributed by atoms with Crippen LogP contribution in [0.3, 0.4) is 0 Å². The number of aromatic nitrogens is 2. The van der Waals surface area contributed by atoms with Gasteiger partial charge in [0.15, 0.2) is 0 Å². The summed E-state index contributed by atoms with van der Waals surface area (Å²) in [6.07, 6.45) is 1.33. The molecule has 3 aromatic rings. The van der Waals surface area contributed by atoms with Crippen molar-refractivity contribution in [2.45, 2.75) is 29.5 Å². The third-order valence-electron chi connectivity index (χ3n) is 5.05. The van der Waals surface area contributed by atoms with Gasteiger partial charge in [0, 0.05) is 29.6 Å². The van der Waals surface area contributed by atoms with E-state index in [-0.39, 0.29) is 17.6 Å². The van der Waals surface area contributed by atoms with E-state index in [2.05, 4.69) is 4.98 Å². The van der Waals surface area contributed by atoms with Crippen LogP contribution in [0, 0.1) is 0 Å². The van der Waals surface area contributed by atoms with Gasteiger partial charge in [0.2, 0.25) is 0 Å². The molecule has 146 valence electrons. The number of carbonyl (C=O) groups excluding carboxylic acids is 1. The highest BCUT2D eigenvalue weighted by Crippen LogP contribution is 2.28. The van der Waals surface area contributed by atoms with E-state index in [1.54, 1.807) is 27.7 Å². The van der Waals surface area contributed by atoms with Crippen molar-refractivity contribution in [3.63, 3.8) is 0 Å². The molecule has 1 amide bonds. The Balaban J connectivity index is 1.47. The number of amides is 1. The Bertz CT molecular complexity index is 1050. The summed E-state index contributed by atoms with van der Waals surface area (Å²) in [7, 11) is 0. The molecule has 28 heavy (non-hydrogen) atoms. The third kappa shape index (κ3) is 3.69. The normalized spacial score (nSPS) is 15.5. The third-order valence-corrected chi connectivity index (χ3v) is 5.75. The van der Waals surface area contributed by atoms with Crippen molar-refractivity contribution in [3.8, 4) is 0 Å². The van der Waals surface area contributed by atoms with Crippen molar-refractivity contribution in [2.24, 2.45) is 0 Å². The molecule has 1 fully saturated rings. The van der Waals surface area contributed by atoms with E-state index in [0.29, 0.717) is 48.2 Å².